The molecule has 0 aliphatic carbocycles. The van der Waals surface area contributed by atoms with Gasteiger partial charge in [-0.1, -0.05) is 29.4 Å². The van der Waals surface area contributed by atoms with Crippen LogP contribution in [0.5, 0.6) is 0 Å². The molecule has 3 aromatic rings. The fourth-order valence-electron chi connectivity index (χ4n) is 2.26. The minimum absolute atomic E-state index is 0.00115. The summed E-state index contributed by atoms with van der Waals surface area (Å²) in [5.41, 5.74) is 8.03. The normalized spacial score (nSPS) is 10.8. The molecule has 0 saturated heterocycles. The second kappa shape index (κ2) is 5.01. The molecule has 2 N–H and O–H groups in total. The maximum Gasteiger partial charge on any atom is 0.230 e. The zero-order chi connectivity index (χ0) is 15.0. The predicted octanol–water partition coefficient (Wildman–Crippen LogP) is 4.18. The van der Waals surface area contributed by atoms with Gasteiger partial charge in [0.25, 0.3) is 0 Å². The van der Waals surface area contributed by atoms with E-state index >= 15 is 0 Å². The quantitative estimate of drug-likeness (QED) is 0.769. The van der Waals surface area contributed by atoms with Crippen molar-refractivity contribution < 1.29 is 13.3 Å². The number of halogens is 2. The first kappa shape index (κ1) is 13.3. The molecular weight excluding hydrogens is 274 g/mol. The van der Waals surface area contributed by atoms with Crippen LogP contribution in [0, 0.1) is 18.6 Å². The summed E-state index contributed by atoms with van der Waals surface area (Å²) in [6, 6.07) is 10.5. The molecule has 106 valence electrons. The van der Waals surface area contributed by atoms with Crippen LogP contribution in [-0.2, 0) is 0 Å². The van der Waals surface area contributed by atoms with Crippen LogP contribution in [-0.4, -0.2) is 5.16 Å². The summed E-state index contributed by atoms with van der Waals surface area (Å²) in [5, 5.41) is 3.87. The molecule has 0 unspecified atom stereocenters. The van der Waals surface area contributed by atoms with E-state index in [-0.39, 0.29) is 11.4 Å². The molecule has 0 bridgehead atoms. The minimum Gasteiger partial charge on any atom is -0.367 e. The first-order chi connectivity index (χ1) is 10.1. The highest BCUT2D eigenvalue weighted by molar-refractivity contribution is 5.87. The Bertz CT molecular complexity index is 812. The monoisotopic (exact) mass is 286 g/mol. The molecule has 0 spiro atoms. The van der Waals surface area contributed by atoms with Gasteiger partial charge in [0.2, 0.25) is 5.88 Å². The largest absolute Gasteiger partial charge is 0.367 e. The Kier molecular flexibility index (Phi) is 3.17. The summed E-state index contributed by atoms with van der Waals surface area (Å²) in [7, 11) is 0. The first-order valence-electron chi connectivity index (χ1n) is 6.34. The standard InChI is InChI=1S/C16H12F2N2O/c1-9-6-7-10(17)8-12(9)15-14(16(19)21-20-15)11-4-2-3-5-13(11)18/h2-8H,19H2,1H3. The van der Waals surface area contributed by atoms with Crippen molar-refractivity contribution in [1.82, 2.24) is 5.16 Å². The van der Waals surface area contributed by atoms with E-state index in [2.05, 4.69) is 5.16 Å². The second-order valence-corrected chi connectivity index (χ2v) is 4.71. The van der Waals surface area contributed by atoms with Crippen molar-refractivity contribution in [3.8, 4) is 22.4 Å². The van der Waals surface area contributed by atoms with E-state index in [1.165, 1.54) is 18.2 Å². The van der Waals surface area contributed by atoms with Crippen LogP contribution < -0.4 is 5.73 Å². The zero-order valence-electron chi connectivity index (χ0n) is 11.2. The minimum atomic E-state index is -0.442. The number of aryl methyl sites for hydroxylation is 1. The molecule has 0 aliphatic heterocycles. The maximum absolute atomic E-state index is 14.0. The van der Waals surface area contributed by atoms with Crippen molar-refractivity contribution in [1.29, 1.82) is 0 Å². The van der Waals surface area contributed by atoms with Crippen LogP contribution in [0.2, 0.25) is 0 Å². The van der Waals surface area contributed by atoms with Gasteiger partial charge >= 0.3 is 0 Å². The van der Waals surface area contributed by atoms with Gasteiger partial charge in [0.1, 0.15) is 17.3 Å². The van der Waals surface area contributed by atoms with Crippen molar-refractivity contribution in [2.24, 2.45) is 0 Å². The Morgan fingerprint density at radius 1 is 1.05 bits per heavy atom. The summed E-state index contributed by atoms with van der Waals surface area (Å²) in [5.74, 6) is -0.849. The Morgan fingerprint density at radius 3 is 2.57 bits per heavy atom. The lowest BCUT2D eigenvalue weighted by Gasteiger charge is -2.06. The molecule has 2 aromatic carbocycles. The summed E-state index contributed by atoms with van der Waals surface area (Å²) in [4.78, 5) is 0. The summed E-state index contributed by atoms with van der Waals surface area (Å²) in [6.07, 6.45) is 0. The van der Waals surface area contributed by atoms with Crippen LogP contribution in [0.1, 0.15) is 5.56 Å². The van der Waals surface area contributed by atoms with E-state index in [0.29, 0.717) is 16.8 Å². The smallest absolute Gasteiger partial charge is 0.230 e. The molecule has 1 aromatic heterocycles. The van der Waals surface area contributed by atoms with E-state index < -0.39 is 11.6 Å². The Hall–Kier alpha value is -2.69. The molecule has 3 nitrogen and oxygen atoms in total. The van der Waals surface area contributed by atoms with Gasteiger partial charge in [-0.2, -0.15) is 0 Å². The van der Waals surface area contributed by atoms with E-state index in [1.807, 2.05) is 6.92 Å². The van der Waals surface area contributed by atoms with Crippen molar-refractivity contribution in [2.75, 3.05) is 5.73 Å². The zero-order valence-corrected chi connectivity index (χ0v) is 11.2. The van der Waals surface area contributed by atoms with Crippen molar-refractivity contribution in [2.45, 2.75) is 6.92 Å². The SMILES string of the molecule is Cc1ccc(F)cc1-c1noc(N)c1-c1ccccc1F. The third-order valence-corrected chi connectivity index (χ3v) is 3.32. The molecule has 0 fully saturated rings. The summed E-state index contributed by atoms with van der Waals surface area (Å²) >= 11 is 0. The third kappa shape index (κ3) is 2.27. The number of nitrogens with zero attached hydrogens (tertiary/aromatic N) is 1. The molecule has 0 amide bonds. The molecule has 0 radical (unpaired) electrons. The fourth-order valence-corrected chi connectivity index (χ4v) is 2.26. The van der Waals surface area contributed by atoms with Crippen LogP contribution in [0.15, 0.2) is 47.0 Å². The molecule has 1 heterocycles. The molecule has 3 rings (SSSR count). The summed E-state index contributed by atoms with van der Waals surface area (Å²) < 4.78 is 32.5. The first-order valence-corrected chi connectivity index (χ1v) is 6.34. The molecule has 21 heavy (non-hydrogen) atoms. The van der Waals surface area contributed by atoms with Gasteiger partial charge in [-0.05, 0) is 30.7 Å². The van der Waals surface area contributed by atoms with Crippen LogP contribution >= 0.6 is 0 Å². The highest BCUT2D eigenvalue weighted by Gasteiger charge is 2.21. The van der Waals surface area contributed by atoms with Gasteiger partial charge in [0, 0.05) is 11.1 Å². The van der Waals surface area contributed by atoms with E-state index in [9.17, 15) is 8.78 Å². The Morgan fingerprint density at radius 2 is 1.81 bits per heavy atom. The van der Waals surface area contributed by atoms with E-state index in [0.717, 1.165) is 5.56 Å². The van der Waals surface area contributed by atoms with E-state index in [4.69, 9.17) is 10.3 Å². The topological polar surface area (TPSA) is 52.0 Å². The van der Waals surface area contributed by atoms with E-state index in [1.54, 1.807) is 24.3 Å². The van der Waals surface area contributed by atoms with Gasteiger partial charge in [0.15, 0.2) is 0 Å². The lowest BCUT2D eigenvalue weighted by Crippen LogP contribution is -1.92. The lowest BCUT2D eigenvalue weighted by molar-refractivity contribution is 0.439. The number of nitrogen functional groups attached to an aromatic ring is 1. The van der Waals surface area contributed by atoms with Gasteiger partial charge in [0.05, 0.1) is 5.56 Å². The predicted molar refractivity (Wildman–Crippen MR) is 76.4 cm³/mol. The second-order valence-electron chi connectivity index (χ2n) is 4.71. The van der Waals surface area contributed by atoms with Gasteiger partial charge in [-0.15, -0.1) is 0 Å². The Balaban J connectivity index is 2.27. The number of aromatic nitrogens is 1. The van der Waals surface area contributed by atoms with Crippen molar-refractivity contribution in [3.05, 3.63) is 59.7 Å². The average molecular weight is 286 g/mol. The molecule has 0 saturated carbocycles. The van der Waals surface area contributed by atoms with Crippen LogP contribution in [0.25, 0.3) is 22.4 Å². The number of benzene rings is 2. The van der Waals surface area contributed by atoms with Gasteiger partial charge < -0.3 is 10.3 Å². The lowest BCUT2D eigenvalue weighted by atomic mass is 9.97. The van der Waals surface area contributed by atoms with Crippen LogP contribution in [0.4, 0.5) is 14.7 Å². The molecule has 5 heteroatoms. The van der Waals surface area contributed by atoms with Gasteiger partial charge in [-0.25, -0.2) is 8.78 Å². The van der Waals surface area contributed by atoms with Crippen molar-refractivity contribution in [3.63, 3.8) is 0 Å². The average Bonchev–Trinajstić information content (AvgIpc) is 2.84. The highest BCUT2D eigenvalue weighted by atomic mass is 19.1. The highest BCUT2D eigenvalue weighted by Crippen LogP contribution is 2.38. The molecular formula is C16H12F2N2O. The number of hydrogen-bond donors (Lipinski definition) is 1. The molecule has 0 aliphatic rings. The number of nitrogens with two attached hydrogens (primary N) is 1. The number of rotatable bonds is 2. The number of hydrogen-bond acceptors (Lipinski definition) is 3. The van der Waals surface area contributed by atoms with Gasteiger partial charge in [-0.3, -0.25) is 0 Å². The van der Waals surface area contributed by atoms with Crippen LogP contribution in [0.3, 0.4) is 0 Å². The summed E-state index contributed by atoms with van der Waals surface area (Å²) in [6.45, 7) is 1.81. The van der Waals surface area contributed by atoms with Crippen molar-refractivity contribution >= 4 is 5.88 Å². The maximum atomic E-state index is 14.0. The number of anilines is 1. The fraction of sp³-hybridized carbons (Fsp3) is 0.0625. The third-order valence-electron chi connectivity index (χ3n) is 3.32. The Labute approximate surface area is 120 Å². The molecule has 0 atom stereocenters.